The Morgan fingerprint density at radius 2 is 1.88 bits per heavy atom. The third kappa shape index (κ3) is 2.56. The number of carbonyl (C=O) groups is 1. The summed E-state index contributed by atoms with van der Waals surface area (Å²) in [6.07, 6.45) is 1.63. The van der Waals surface area contributed by atoms with Crippen LogP contribution in [0.5, 0.6) is 0 Å². The molecule has 0 atom stereocenters. The van der Waals surface area contributed by atoms with Crippen molar-refractivity contribution in [3.05, 3.63) is 65.7 Å². The van der Waals surface area contributed by atoms with Gasteiger partial charge in [0.25, 0.3) is 0 Å². The molecule has 2 aromatic rings. The first kappa shape index (κ1) is 11.5. The largest absolute Gasteiger partial charge is 0.370 e. The van der Waals surface area contributed by atoms with E-state index in [1.54, 1.807) is 12.3 Å². The van der Waals surface area contributed by atoms with Crippen molar-refractivity contribution in [2.24, 2.45) is 0 Å². The molecule has 0 radical (unpaired) electrons. The van der Waals surface area contributed by atoms with Gasteiger partial charge in [0.15, 0.2) is 18.5 Å². The van der Waals surface area contributed by atoms with Crippen molar-refractivity contribution in [3.63, 3.8) is 0 Å². The van der Waals surface area contributed by atoms with Gasteiger partial charge in [-0.25, -0.2) is 0 Å². The highest BCUT2D eigenvalue weighted by Gasteiger charge is 2.18. The van der Waals surface area contributed by atoms with Crippen molar-refractivity contribution in [1.82, 2.24) is 0 Å². The standard InChI is InChI=1S/C14H13FNO/c1-11(17)13-8-5-9-16(14(13)15)10-12-6-3-2-4-7-12/h2-9H,10H2,1H3/q+1. The first-order chi connectivity index (χ1) is 8.18. The van der Waals surface area contributed by atoms with Crippen LogP contribution >= 0.6 is 0 Å². The minimum Gasteiger partial charge on any atom is -0.294 e. The number of Topliss-reactive ketones (excluding diaryl/α,β-unsaturated/α-hetero) is 1. The average Bonchev–Trinajstić information content (AvgIpc) is 2.33. The number of benzene rings is 1. The number of hydrogen-bond donors (Lipinski definition) is 0. The Morgan fingerprint density at radius 3 is 2.53 bits per heavy atom. The van der Waals surface area contributed by atoms with Crippen LogP contribution in [0.2, 0.25) is 0 Å². The summed E-state index contributed by atoms with van der Waals surface area (Å²) in [5.74, 6) is -0.742. The van der Waals surface area contributed by atoms with Gasteiger partial charge < -0.3 is 0 Å². The molecule has 0 bridgehead atoms. The van der Waals surface area contributed by atoms with Crippen LogP contribution in [0.3, 0.4) is 0 Å². The normalized spacial score (nSPS) is 10.2. The number of nitrogens with zero attached hydrogens (tertiary/aromatic N) is 1. The first-order valence-corrected chi connectivity index (χ1v) is 5.41. The summed E-state index contributed by atoms with van der Waals surface area (Å²) >= 11 is 0. The quantitative estimate of drug-likeness (QED) is 0.450. The molecule has 86 valence electrons. The summed E-state index contributed by atoms with van der Waals surface area (Å²) in [5, 5.41) is 0. The van der Waals surface area contributed by atoms with Crippen LogP contribution < -0.4 is 4.57 Å². The van der Waals surface area contributed by atoms with Gasteiger partial charge in [-0.15, -0.1) is 4.39 Å². The monoisotopic (exact) mass is 230 g/mol. The van der Waals surface area contributed by atoms with Gasteiger partial charge in [0.05, 0.1) is 0 Å². The molecule has 0 aliphatic carbocycles. The van der Waals surface area contributed by atoms with Crippen LogP contribution in [0.25, 0.3) is 0 Å². The number of hydrogen-bond acceptors (Lipinski definition) is 1. The van der Waals surface area contributed by atoms with E-state index in [1.165, 1.54) is 17.6 Å². The molecule has 1 heterocycles. The van der Waals surface area contributed by atoms with E-state index in [4.69, 9.17) is 0 Å². The fourth-order valence-corrected chi connectivity index (χ4v) is 1.70. The maximum Gasteiger partial charge on any atom is 0.370 e. The van der Waals surface area contributed by atoms with Gasteiger partial charge in [0.1, 0.15) is 5.56 Å². The van der Waals surface area contributed by atoms with Crippen molar-refractivity contribution in [3.8, 4) is 0 Å². The summed E-state index contributed by atoms with van der Waals surface area (Å²) in [5.41, 5.74) is 1.13. The Morgan fingerprint density at radius 1 is 1.18 bits per heavy atom. The van der Waals surface area contributed by atoms with Gasteiger partial charge in [-0.05, 0) is 13.0 Å². The van der Waals surface area contributed by atoms with Crippen molar-refractivity contribution in [2.75, 3.05) is 0 Å². The molecular weight excluding hydrogens is 217 g/mol. The number of rotatable bonds is 3. The van der Waals surface area contributed by atoms with Gasteiger partial charge in [0.2, 0.25) is 0 Å². The molecule has 0 aliphatic rings. The van der Waals surface area contributed by atoms with Crippen LogP contribution in [0, 0.1) is 5.95 Å². The molecule has 3 heteroatoms. The van der Waals surface area contributed by atoms with Crippen LogP contribution in [-0.2, 0) is 6.54 Å². The average molecular weight is 230 g/mol. The number of carbonyl (C=O) groups excluding carboxylic acids is 1. The Kier molecular flexibility index (Phi) is 3.28. The molecule has 1 aromatic heterocycles. The molecule has 0 N–H and O–H groups in total. The lowest BCUT2D eigenvalue weighted by atomic mass is 10.2. The SMILES string of the molecule is CC(=O)c1ccc[n+](Cc2ccccc2)c1F. The predicted octanol–water partition coefficient (Wildman–Crippen LogP) is 2.36. The summed E-state index contributed by atoms with van der Waals surface area (Å²) in [4.78, 5) is 11.2. The van der Waals surface area contributed by atoms with Crippen molar-refractivity contribution in [2.45, 2.75) is 13.5 Å². The molecule has 0 spiro atoms. The molecule has 2 rings (SSSR count). The number of pyridine rings is 1. The van der Waals surface area contributed by atoms with Crippen LogP contribution in [0.1, 0.15) is 22.8 Å². The van der Waals surface area contributed by atoms with E-state index >= 15 is 0 Å². The minimum absolute atomic E-state index is 0.128. The third-order valence-electron chi connectivity index (χ3n) is 2.58. The molecule has 0 amide bonds. The highest BCUT2D eigenvalue weighted by atomic mass is 19.1. The number of aromatic nitrogens is 1. The Hall–Kier alpha value is -2.03. The van der Waals surface area contributed by atoms with Gasteiger partial charge in [-0.2, -0.15) is 4.57 Å². The lowest BCUT2D eigenvalue weighted by Gasteiger charge is -2.00. The fourth-order valence-electron chi connectivity index (χ4n) is 1.70. The van der Waals surface area contributed by atoms with E-state index in [0.29, 0.717) is 6.54 Å². The third-order valence-corrected chi connectivity index (χ3v) is 2.58. The maximum atomic E-state index is 14.0. The van der Waals surface area contributed by atoms with E-state index < -0.39 is 5.95 Å². The summed E-state index contributed by atoms with van der Waals surface area (Å²) < 4.78 is 15.4. The first-order valence-electron chi connectivity index (χ1n) is 5.41. The van der Waals surface area contributed by atoms with E-state index in [-0.39, 0.29) is 11.3 Å². The molecule has 0 unspecified atom stereocenters. The Labute approximate surface area is 99.3 Å². The predicted molar refractivity (Wildman–Crippen MR) is 62.1 cm³/mol. The second kappa shape index (κ2) is 4.87. The Balaban J connectivity index is 2.34. The van der Waals surface area contributed by atoms with E-state index in [9.17, 15) is 9.18 Å². The lowest BCUT2D eigenvalue weighted by Crippen LogP contribution is -2.39. The summed E-state index contributed by atoms with van der Waals surface area (Å²) in [7, 11) is 0. The topological polar surface area (TPSA) is 20.9 Å². The smallest absolute Gasteiger partial charge is 0.294 e. The summed E-state index contributed by atoms with van der Waals surface area (Å²) in [6.45, 7) is 1.79. The fraction of sp³-hybridized carbons (Fsp3) is 0.143. The van der Waals surface area contributed by atoms with Gasteiger partial charge >= 0.3 is 5.95 Å². The zero-order valence-corrected chi connectivity index (χ0v) is 9.56. The van der Waals surface area contributed by atoms with Crippen molar-refractivity contribution < 1.29 is 13.8 Å². The molecule has 0 saturated heterocycles. The molecule has 2 nitrogen and oxygen atoms in total. The summed E-state index contributed by atoms with van der Waals surface area (Å²) in [6, 6.07) is 12.8. The molecule has 1 aromatic carbocycles. The van der Waals surface area contributed by atoms with Crippen LogP contribution in [0.15, 0.2) is 48.7 Å². The highest BCUT2D eigenvalue weighted by molar-refractivity contribution is 5.93. The van der Waals surface area contributed by atoms with Gasteiger partial charge in [0, 0.05) is 11.6 Å². The number of ketones is 1. The molecule has 17 heavy (non-hydrogen) atoms. The van der Waals surface area contributed by atoms with Crippen molar-refractivity contribution in [1.29, 1.82) is 0 Å². The van der Waals surface area contributed by atoms with Gasteiger partial charge in [-0.3, -0.25) is 4.79 Å². The van der Waals surface area contributed by atoms with Crippen LogP contribution in [0.4, 0.5) is 4.39 Å². The van der Waals surface area contributed by atoms with Crippen LogP contribution in [-0.4, -0.2) is 5.78 Å². The second-order valence-electron chi connectivity index (χ2n) is 3.88. The zero-order chi connectivity index (χ0) is 12.3. The molecule has 0 fully saturated rings. The van der Waals surface area contributed by atoms with E-state index in [1.807, 2.05) is 30.3 Å². The number of halogens is 1. The zero-order valence-electron chi connectivity index (χ0n) is 9.56. The molecule has 0 saturated carbocycles. The second-order valence-corrected chi connectivity index (χ2v) is 3.88. The Bertz CT molecular complexity index is 537. The van der Waals surface area contributed by atoms with Gasteiger partial charge in [-0.1, -0.05) is 30.3 Å². The maximum absolute atomic E-state index is 14.0. The molecule has 0 aliphatic heterocycles. The minimum atomic E-state index is -0.483. The van der Waals surface area contributed by atoms with Crippen molar-refractivity contribution >= 4 is 5.78 Å². The highest BCUT2D eigenvalue weighted by Crippen LogP contribution is 2.04. The molecular formula is C14H13FNO+. The van der Waals surface area contributed by atoms with E-state index in [2.05, 4.69) is 0 Å². The van der Waals surface area contributed by atoms with E-state index in [0.717, 1.165) is 5.56 Å². The lowest BCUT2D eigenvalue weighted by molar-refractivity contribution is -0.716.